The number of hydrogen-bond acceptors (Lipinski definition) is 4. The van der Waals surface area contributed by atoms with Crippen LogP contribution in [-0.4, -0.2) is 13.5 Å². The Morgan fingerprint density at radius 3 is 2.37 bits per heavy atom. The lowest BCUT2D eigenvalue weighted by Crippen LogP contribution is -2.15. The van der Waals surface area contributed by atoms with Crippen LogP contribution < -0.4 is 10.5 Å². The van der Waals surface area contributed by atoms with Crippen LogP contribution in [0.3, 0.4) is 0 Å². The zero-order valence-electron chi connectivity index (χ0n) is 10.1. The third-order valence-electron chi connectivity index (χ3n) is 2.65. The average Bonchev–Trinajstić information content (AvgIpc) is 2.37. The van der Waals surface area contributed by atoms with Gasteiger partial charge < -0.3 is 10.4 Å². The van der Waals surface area contributed by atoms with Crippen LogP contribution in [0.4, 0.5) is 5.69 Å². The molecule has 0 atom stereocenters. The first-order valence-corrected chi connectivity index (χ1v) is 7.15. The molecule has 2 aromatic rings. The van der Waals surface area contributed by atoms with Crippen LogP contribution in [0.25, 0.3) is 0 Å². The molecule has 6 heteroatoms. The Morgan fingerprint density at radius 2 is 1.68 bits per heavy atom. The predicted molar refractivity (Wildman–Crippen MR) is 73.2 cm³/mol. The summed E-state index contributed by atoms with van der Waals surface area (Å²) in [6.07, 6.45) is 0. The normalized spacial score (nSPS) is 11.2. The van der Waals surface area contributed by atoms with Crippen LogP contribution in [0, 0.1) is 0 Å². The van der Waals surface area contributed by atoms with Crippen LogP contribution in [0.15, 0.2) is 53.4 Å². The summed E-state index contributed by atoms with van der Waals surface area (Å²) in [6, 6.07) is 13.2. The molecule has 0 bridgehead atoms. The highest BCUT2D eigenvalue weighted by Gasteiger charge is 2.12. The lowest BCUT2D eigenvalue weighted by Gasteiger charge is -2.11. The van der Waals surface area contributed by atoms with Gasteiger partial charge in [-0.05, 0) is 18.2 Å². The van der Waals surface area contributed by atoms with Gasteiger partial charge in [-0.2, -0.15) is 0 Å². The van der Waals surface area contributed by atoms with E-state index in [0.29, 0.717) is 17.8 Å². The molecule has 0 fully saturated rings. The van der Waals surface area contributed by atoms with E-state index < -0.39 is 10.0 Å². The smallest absolute Gasteiger partial charge is 0.240 e. The summed E-state index contributed by atoms with van der Waals surface area (Å²) < 4.78 is 22.8. The summed E-state index contributed by atoms with van der Waals surface area (Å²) in [7, 11) is -3.77. The standard InChI is InChI=1S/C13H14N2O3S/c14-19(17,18)13-8-4-2-6-11(13)15-9-10-5-1-3-7-12(10)16/h1-8,15-16H,9H2,(H2,14,17,18). The third-order valence-corrected chi connectivity index (χ3v) is 3.62. The van der Waals surface area contributed by atoms with Gasteiger partial charge in [0.05, 0.1) is 5.69 Å². The van der Waals surface area contributed by atoms with E-state index in [0.717, 1.165) is 0 Å². The highest BCUT2D eigenvalue weighted by atomic mass is 32.2. The van der Waals surface area contributed by atoms with E-state index in [-0.39, 0.29) is 10.6 Å². The number of phenols is 1. The van der Waals surface area contributed by atoms with E-state index in [2.05, 4.69) is 5.32 Å². The van der Waals surface area contributed by atoms with Crippen molar-refractivity contribution < 1.29 is 13.5 Å². The van der Waals surface area contributed by atoms with Gasteiger partial charge in [0.2, 0.25) is 10.0 Å². The number of para-hydroxylation sites is 2. The maximum absolute atomic E-state index is 11.4. The van der Waals surface area contributed by atoms with Crippen LogP contribution in [-0.2, 0) is 16.6 Å². The molecule has 5 nitrogen and oxygen atoms in total. The fourth-order valence-corrected chi connectivity index (χ4v) is 2.43. The van der Waals surface area contributed by atoms with Crippen LogP contribution in [0.5, 0.6) is 5.75 Å². The maximum atomic E-state index is 11.4. The quantitative estimate of drug-likeness (QED) is 0.793. The number of phenolic OH excluding ortho intramolecular Hbond substituents is 1. The first-order valence-electron chi connectivity index (χ1n) is 5.61. The predicted octanol–water partition coefficient (Wildman–Crippen LogP) is 1.65. The molecule has 2 aromatic carbocycles. The largest absolute Gasteiger partial charge is 0.508 e. The number of anilines is 1. The summed E-state index contributed by atoms with van der Waals surface area (Å²) in [5.41, 5.74) is 1.08. The van der Waals surface area contributed by atoms with Crippen LogP contribution in [0.2, 0.25) is 0 Å². The molecule has 0 aliphatic carbocycles. The lowest BCUT2D eigenvalue weighted by molar-refractivity contribution is 0.469. The number of aromatic hydroxyl groups is 1. The van der Waals surface area contributed by atoms with Gasteiger partial charge in [-0.1, -0.05) is 30.3 Å². The lowest BCUT2D eigenvalue weighted by atomic mass is 10.2. The van der Waals surface area contributed by atoms with E-state index in [1.807, 2.05) is 0 Å². The Balaban J connectivity index is 2.24. The topological polar surface area (TPSA) is 92.4 Å². The zero-order valence-corrected chi connectivity index (χ0v) is 10.9. The second-order valence-electron chi connectivity index (χ2n) is 4.02. The molecular weight excluding hydrogens is 264 g/mol. The van der Waals surface area contributed by atoms with Crippen molar-refractivity contribution in [3.05, 3.63) is 54.1 Å². The van der Waals surface area contributed by atoms with Gasteiger partial charge in [-0.15, -0.1) is 0 Å². The van der Waals surface area contributed by atoms with Gasteiger partial charge in [0.15, 0.2) is 0 Å². The van der Waals surface area contributed by atoms with Crippen molar-refractivity contribution in [2.45, 2.75) is 11.4 Å². The minimum atomic E-state index is -3.77. The number of sulfonamides is 1. The number of nitrogens with one attached hydrogen (secondary N) is 1. The van der Waals surface area contributed by atoms with Gasteiger partial charge in [0.25, 0.3) is 0 Å². The molecule has 0 amide bonds. The van der Waals surface area contributed by atoms with Gasteiger partial charge in [-0.25, -0.2) is 13.6 Å². The number of benzene rings is 2. The Labute approximate surface area is 111 Å². The number of primary sulfonamides is 1. The summed E-state index contributed by atoms with van der Waals surface area (Å²) in [5.74, 6) is 0.156. The van der Waals surface area contributed by atoms with E-state index in [9.17, 15) is 13.5 Å². The highest BCUT2D eigenvalue weighted by Crippen LogP contribution is 2.22. The zero-order chi connectivity index (χ0) is 13.9. The van der Waals surface area contributed by atoms with Gasteiger partial charge in [0, 0.05) is 12.1 Å². The minimum absolute atomic E-state index is 0.0328. The monoisotopic (exact) mass is 278 g/mol. The van der Waals surface area contributed by atoms with Crippen molar-refractivity contribution in [3.63, 3.8) is 0 Å². The first kappa shape index (κ1) is 13.4. The molecule has 0 aliphatic rings. The fourth-order valence-electron chi connectivity index (χ4n) is 1.71. The molecule has 0 saturated carbocycles. The molecule has 100 valence electrons. The van der Waals surface area contributed by atoms with Gasteiger partial charge >= 0.3 is 0 Å². The van der Waals surface area contributed by atoms with E-state index in [1.165, 1.54) is 6.07 Å². The molecule has 0 unspecified atom stereocenters. The molecule has 0 radical (unpaired) electrons. The van der Waals surface area contributed by atoms with Gasteiger partial charge in [-0.3, -0.25) is 0 Å². The molecule has 4 N–H and O–H groups in total. The van der Waals surface area contributed by atoms with E-state index in [4.69, 9.17) is 5.14 Å². The Hall–Kier alpha value is -2.05. The van der Waals surface area contributed by atoms with Crippen LogP contribution in [0.1, 0.15) is 5.56 Å². The second-order valence-corrected chi connectivity index (χ2v) is 5.55. The average molecular weight is 278 g/mol. The molecule has 0 aromatic heterocycles. The SMILES string of the molecule is NS(=O)(=O)c1ccccc1NCc1ccccc1O. The molecule has 0 spiro atoms. The minimum Gasteiger partial charge on any atom is -0.508 e. The maximum Gasteiger partial charge on any atom is 0.240 e. The fraction of sp³-hybridized carbons (Fsp3) is 0.0769. The van der Waals surface area contributed by atoms with Crippen molar-refractivity contribution in [1.82, 2.24) is 0 Å². The van der Waals surface area contributed by atoms with Crippen molar-refractivity contribution in [2.75, 3.05) is 5.32 Å². The molecule has 19 heavy (non-hydrogen) atoms. The number of rotatable bonds is 4. The summed E-state index contributed by atoms with van der Waals surface area (Å²) in [6.45, 7) is 0.305. The van der Waals surface area contributed by atoms with E-state index >= 15 is 0 Å². The Morgan fingerprint density at radius 1 is 1.05 bits per heavy atom. The second kappa shape index (κ2) is 5.29. The number of nitrogens with two attached hydrogens (primary N) is 1. The first-order chi connectivity index (χ1) is 8.98. The molecule has 0 saturated heterocycles. The van der Waals surface area contributed by atoms with Gasteiger partial charge in [0.1, 0.15) is 10.6 Å². The van der Waals surface area contributed by atoms with Crippen molar-refractivity contribution in [2.24, 2.45) is 5.14 Å². The molecule has 2 rings (SSSR count). The Kier molecular flexibility index (Phi) is 3.73. The highest BCUT2D eigenvalue weighted by molar-refractivity contribution is 7.89. The van der Waals surface area contributed by atoms with Crippen molar-refractivity contribution in [3.8, 4) is 5.75 Å². The van der Waals surface area contributed by atoms with Crippen molar-refractivity contribution in [1.29, 1.82) is 0 Å². The van der Waals surface area contributed by atoms with E-state index in [1.54, 1.807) is 42.5 Å². The summed E-state index contributed by atoms with van der Waals surface area (Å²) in [4.78, 5) is 0.0328. The Bertz CT molecular complexity index is 684. The summed E-state index contributed by atoms with van der Waals surface area (Å²) in [5, 5.41) is 17.7. The van der Waals surface area contributed by atoms with Crippen molar-refractivity contribution >= 4 is 15.7 Å². The molecule has 0 aliphatic heterocycles. The molecule has 0 heterocycles. The molecular formula is C13H14N2O3S. The third kappa shape index (κ3) is 3.24. The number of hydrogen-bond donors (Lipinski definition) is 3. The summed E-state index contributed by atoms with van der Waals surface area (Å²) >= 11 is 0. The van der Waals surface area contributed by atoms with Crippen LogP contribution >= 0.6 is 0 Å².